The third-order valence-corrected chi connectivity index (χ3v) is 1.69. The summed E-state index contributed by atoms with van der Waals surface area (Å²) in [6.45, 7) is 8.13. The Labute approximate surface area is 63.2 Å². The first-order valence-corrected chi connectivity index (χ1v) is 3.95. The van der Waals surface area contributed by atoms with Crippen molar-refractivity contribution in [3.8, 4) is 0 Å². The topological polar surface area (TPSA) is 20.3 Å². The largest absolute Gasteiger partial charge is 0.302 e. The van der Waals surface area contributed by atoms with E-state index < -0.39 is 0 Å². The first-order chi connectivity index (χ1) is 4.76. The average molecular weight is 143 g/mol. The summed E-state index contributed by atoms with van der Waals surface area (Å²) in [5.41, 5.74) is 0. The molecule has 0 heterocycles. The van der Waals surface area contributed by atoms with Gasteiger partial charge in [0, 0.05) is 0 Å². The smallest absolute Gasteiger partial charge is 0.136 e. The van der Waals surface area contributed by atoms with Crippen LogP contribution in [0.25, 0.3) is 0 Å². The molecule has 0 radical (unpaired) electrons. The van der Waals surface area contributed by atoms with Gasteiger partial charge in [0.15, 0.2) is 0 Å². The molecule has 0 aliphatic heterocycles. The lowest BCUT2D eigenvalue weighted by atomic mass is 10.3. The second-order valence-electron chi connectivity index (χ2n) is 2.51. The first-order valence-electron chi connectivity index (χ1n) is 3.95. The number of likely N-dealkylation sites (N-methyl/N-ethyl adjacent to an activating group) is 1. The molecular formula is C8H17NO. The van der Waals surface area contributed by atoms with E-state index in [1.54, 1.807) is 0 Å². The predicted molar refractivity (Wildman–Crippen MR) is 43.1 cm³/mol. The van der Waals surface area contributed by atoms with Crippen LogP contribution < -0.4 is 0 Å². The average Bonchev–Trinajstić information content (AvgIpc) is 1.99. The number of hydrogen-bond acceptors (Lipinski definition) is 2. The highest BCUT2D eigenvalue weighted by atomic mass is 16.1. The molecule has 0 N–H and O–H groups in total. The lowest BCUT2D eigenvalue weighted by Gasteiger charge is -2.22. The lowest BCUT2D eigenvalue weighted by Crippen LogP contribution is -2.34. The van der Waals surface area contributed by atoms with Gasteiger partial charge in [0.25, 0.3) is 0 Å². The zero-order valence-corrected chi connectivity index (χ0v) is 7.13. The minimum atomic E-state index is 0.0879. The molecule has 60 valence electrons. The van der Waals surface area contributed by atoms with E-state index >= 15 is 0 Å². The summed E-state index contributed by atoms with van der Waals surface area (Å²) in [6.07, 6.45) is 2.12. The molecular weight excluding hydrogens is 126 g/mol. The summed E-state index contributed by atoms with van der Waals surface area (Å²) < 4.78 is 0. The van der Waals surface area contributed by atoms with E-state index in [0.29, 0.717) is 0 Å². The normalized spacial score (nSPS) is 13.6. The van der Waals surface area contributed by atoms with Gasteiger partial charge in [-0.1, -0.05) is 13.8 Å². The van der Waals surface area contributed by atoms with Gasteiger partial charge in [-0.15, -0.1) is 0 Å². The van der Waals surface area contributed by atoms with Gasteiger partial charge in [0.05, 0.1) is 6.04 Å². The quantitative estimate of drug-likeness (QED) is 0.541. The molecule has 0 aromatic rings. The van der Waals surface area contributed by atoms with Crippen molar-refractivity contribution in [3.05, 3.63) is 0 Å². The van der Waals surface area contributed by atoms with Gasteiger partial charge >= 0.3 is 0 Å². The Kier molecular flexibility index (Phi) is 5.22. The molecule has 1 unspecified atom stereocenters. The third-order valence-electron chi connectivity index (χ3n) is 1.69. The molecule has 0 fully saturated rings. The fourth-order valence-corrected chi connectivity index (χ4v) is 1.02. The Morgan fingerprint density at radius 2 is 2.10 bits per heavy atom. The SMILES string of the molecule is CCCN(CC)C(C)C=O. The van der Waals surface area contributed by atoms with Crippen LogP contribution in [0.5, 0.6) is 0 Å². The van der Waals surface area contributed by atoms with Gasteiger partial charge in [0.2, 0.25) is 0 Å². The standard InChI is InChI=1S/C8H17NO/c1-4-6-9(5-2)8(3)7-10/h7-8H,4-6H2,1-3H3. The summed E-state index contributed by atoms with van der Waals surface area (Å²) in [5, 5.41) is 0. The molecule has 0 bridgehead atoms. The van der Waals surface area contributed by atoms with Crippen LogP contribution in [0.4, 0.5) is 0 Å². The van der Waals surface area contributed by atoms with Crippen molar-refractivity contribution in [2.45, 2.75) is 33.2 Å². The van der Waals surface area contributed by atoms with Gasteiger partial charge < -0.3 is 4.79 Å². The molecule has 2 nitrogen and oxygen atoms in total. The van der Waals surface area contributed by atoms with Crippen molar-refractivity contribution in [1.82, 2.24) is 4.90 Å². The van der Waals surface area contributed by atoms with Crippen LogP contribution in [0.1, 0.15) is 27.2 Å². The third kappa shape index (κ3) is 2.97. The molecule has 10 heavy (non-hydrogen) atoms. The summed E-state index contributed by atoms with van der Waals surface area (Å²) in [7, 11) is 0. The number of nitrogens with zero attached hydrogens (tertiary/aromatic N) is 1. The van der Waals surface area contributed by atoms with Crippen LogP contribution >= 0.6 is 0 Å². The monoisotopic (exact) mass is 143 g/mol. The lowest BCUT2D eigenvalue weighted by molar-refractivity contribution is -0.111. The molecule has 1 atom stereocenters. The number of hydrogen-bond donors (Lipinski definition) is 0. The number of carbonyl (C=O) groups is 1. The van der Waals surface area contributed by atoms with Crippen LogP contribution in [0.3, 0.4) is 0 Å². The van der Waals surface area contributed by atoms with E-state index in [1.165, 1.54) is 0 Å². The highest BCUT2D eigenvalue weighted by Gasteiger charge is 2.07. The van der Waals surface area contributed by atoms with E-state index in [4.69, 9.17) is 0 Å². The highest BCUT2D eigenvalue weighted by Crippen LogP contribution is 1.96. The van der Waals surface area contributed by atoms with Gasteiger partial charge in [-0.25, -0.2) is 0 Å². The van der Waals surface area contributed by atoms with E-state index in [2.05, 4.69) is 18.7 Å². The van der Waals surface area contributed by atoms with Gasteiger partial charge in [-0.05, 0) is 26.4 Å². The number of aldehydes is 1. The van der Waals surface area contributed by atoms with E-state index in [1.807, 2.05) is 6.92 Å². The Bertz CT molecular complexity index is 93.3. The molecule has 0 aromatic heterocycles. The van der Waals surface area contributed by atoms with E-state index in [0.717, 1.165) is 25.8 Å². The Morgan fingerprint density at radius 1 is 1.50 bits per heavy atom. The van der Waals surface area contributed by atoms with Crippen LogP contribution in [0.2, 0.25) is 0 Å². The van der Waals surface area contributed by atoms with Gasteiger partial charge in [-0.3, -0.25) is 4.90 Å². The van der Waals surface area contributed by atoms with Crippen molar-refractivity contribution in [1.29, 1.82) is 0 Å². The fourth-order valence-electron chi connectivity index (χ4n) is 1.02. The van der Waals surface area contributed by atoms with Crippen molar-refractivity contribution in [2.75, 3.05) is 13.1 Å². The van der Waals surface area contributed by atoms with Crippen LogP contribution in [0, 0.1) is 0 Å². The predicted octanol–water partition coefficient (Wildman–Crippen LogP) is 1.31. The molecule has 0 aliphatic carbocycles. The maximum atomic E-state index is 10.3. The molecule has 0 aliphatic rings. The van der Waals surface area contributed by atoms with Gasteiger partial charge in [0.1, 0.15) is 6.29 Å². The minimum Gasteiger partial charge on any atom is -0.302 e. The van der Waals surface area contributed by atoms with Crippen LogP contribution in [0.15, 0.2) is 0 Å². The summed E-state index contributed by atoms with van der Waals surface area (Å²) in [4.78, 5) is 12.5. The molecule has 0 spiro atoms. The second kappa shape index (κ2) is 5.42. The van der Waals surface area contributed by atoms with Crippen LogP contribution in [-0.2, 0) is 4.79 Å². The van der Waals surface area contributed by atoms with E-state index in [9.17, 15) is 4.79 Å². The van der Waals surface area contributed by atoms with Crippen molar-refractivity contribution < 1.29 is 4.79 Å². The van der Waals surface area contributed by atoms with E-state index in [-0.39, 0.29) is 6.04 Å². The zero-order valence-electron chi connectivity index (χ0n) is 7.13. The first kappa shape index (κ1) is 9.63. The summed E-state index contributed by atoms with van der Waals surface area (Å²) in [6, 6.07) is 0.0879. The maximum Gasteiger partial charge on any atom is 0.136 e. The molecule has 0 saturated heterocycles. The zero-order chi connectivity index (χ0) is 7.98. The minimum absolute atomic E-state index is 0.0879. The molecule has 0 amide bonds. The second-order valence-corrected chi connectivity index (χ2v) is 2.51. The summed E-state index contributed by atoms with van der Waals surface area (Å²) >= 11 is 0. The molecule has 2 heteroatoms. The molecule has 0 aromatic carbocycles. The molecule has 0 saturated carbocycles. The number of rotatable bonds is 5. The number of carbonyl (C=O) groups excluding carboxylic acids is 1. The summed E-state index contributed by atoms with van der Waals surface area (Å²) in [5.74, 6) is 0. The maximum absolute atomic E-state index is 10.3. The Balaban J connectivity index is 3.67. The highest BCUT2D eigenvalue weighted by molar-refractivity contribution is 5.56. The molecule has 0 rings (SSSR count). The van der Waals surface area contributed by atoms with Crippen molar-refractivity contribution >= 4 is 6.29 Å². The van der Waals surface area contributed by atoms with Crippen LogP contribution in [-0.4, -0.2) is 30.3 Å². The Morgan fingerprint density at radius 3 is 2.40 bits per heavy atom. The van der Waals surface area contributed by atoms with Gasteiger partial charge in [-0.2, -0.15) is 0 Å². The fraction of sp³-hybridized carbons (Fsp3) is 0.875. The van der Waals surface area contributed by atoms with Crippen molar-refractivity contribution in [3.63, 3.8) is 0 Å². The Hall–Kier alpha value is -0.370. The van der Waals surface area contributed by atoms with Crippen molar-refractivity contribution in [2.24, 2.45) is 0 Å².